The molecule has 0 heterocycles. The van der Waals surface area contributed by atoms with Crippen LogP contribution in [0.5, 0.6) is 0 Å². The highest BCUT2D eigenvalue weighted by molar-refractivity contribution is 5.58. The maximum absolute atomic E-state index is 10.8. The Bertz CT molecular complexity index is 474. The lowest BCUT2D eigenvalue weighted by molar-refractivity contribution is -0.384. The lowest BCUT2D eigenvalue weighted by Crippen LogP contribution is -2.41. The number of nitro groups is 1. The van der Waals surface area contributed by atoms with Gasteiger partial charge in [-0.2, -0.15) is 0 Å². The molecule has 0 aromatic heterocycles. The summed E-state index contributed by atoms with van der Waals surface area (Å²) < 4.78 is 0. The van der Waals surface area contributed by atoms with E-state index in [0.29, 0.717) is 24.6 Å². The number of hydrogen-bond donors (Lipinski definition) is 2. The molecule has 20 heavy (non-hydrogen) atoms. The second kappa shape index (κ2) is 6.67. The Morgan fingerprint density at radius 2 is 2.10 bits per heavy atom. The number of rotatable bonds is 7. The van der Waals surface area contributed by atoms with Gasteiger partial charge in [0.2, 0.25) is 0 Å². The van der Waals surface area contributed by atoms with Crippen molar-refractivity contribution in [3.05, 3.63) is 33.9 Å². The normalized spacial score (nSPS) is 14.9. The predicted octanol–water partition coefficient (Wildman–Crippen LogP) is 1.83. The van der Waals surface area contributed by atoms with Crippen molar-refractivity contribution >= 4 is 11.4 Å². The number of aliphatic hydroxyl groups is 2. The SMILES string of the molecule is O=[N+]([O-])c1ccc(N(CCCO)C2CCC2)c(CO)c1. The minimum atomic E-state index is -0.454. The molecule has 110 valence electrons. The number of nitrogens with zero attached hydrogens (tertiary/aromatic N) is 2. The Labute approximate surface area is 117 Å². The van der Waals surface area contributed by atoms with Crippen molar-refractivity contribution in [3.8, 4) is 0 Å². The molecule has 0 spiro atoms. The zero-order chi connectivity index (χ0) is 14.5. The molecule has 6 heteroatoms. The maximum atomic E-state index is 10.8. The van der Waals surface area contributed by atoms with E-state index >= 15 is 0 Å². The molecule has 6 nitrogen and oxygen atoms in total. The Morgan fingerprint density at radius 1 is 1.35 bits per heavy atom. The van der Waals surface area contributed by atoms with Crippen molar-refractivity contribution in [1.29, 1.82) is 0 Å². The third-order valence-electron chi connectivity index (χ3n) is 3.83. The van der Waals surface area contributed by atoms with Crippen LogP contribution in [0, 0.1) is 10.1 Å². The van der Waals surface area contributed by atoms with E-state index in [0.717, 1.165) is 18.5 Å². The van der Waals surface area contributed by atoms with Crippen molar-refractivity contribution in [3.63, 3.8) is 0 Å². The van der Waals surface area contributed by atoms with Crippen LogP contribution in [0.15, 0.2) is 18.2 Å². The van der Waals surface area contributed by atoms with Crippen molar-refractivity contribution in [2.75, 3.05) is 18.1 Å². The molecule has 1 aromatic rings. The van der Waals surface area contributed by atoms with E-state index in [-0.39, 0.29) is 18.9 Å². The van der Waals surface area contributed by atoms with Gasteiger partial charge in [-0.25, -0.2) is 0 Å². The van der Waals surface area contributed by atoms with Gasteiger partial charge < -0.3 is 15.1 Å². The van der Waals surface area contributed by atoms with Gasteiger partial charge in [-0.3, -0.25) is 10.1 Å². The van der Waals surface area contributed by atoms with Gasteiger partial charge in [-0.1, -0.05) is 0 Å². The van der Waals surface area contributed by atoms with Crippen LogP contribution in [0.3, 0.4) is 0 Å². The largest absolute Gasteiger partial charge is 0.396 e. The average molecular weight is 280 g/mol. The number of aliphatic hydroxyl groups excluding tert-OH is 2. The zero-order valence-corrected chi connectivity index (χ0v) is 11.4. The Kier molecular flexibility index (Phi) is 4.92. The third kappa shape index (κ3) is 3.08. The standard InChI is InChI=1S/C14H20N2O4/c17-8-2-7-15(12-3-1-4-12)14-6-5-13(16(19)20)9-11(14)10-18/h5-6,9,12,17-18H,1-4,7-8,10H2. The molecule has 2 rings (SSSR count). The van der Waals surface area contributed by atoms with E-state index in [9.17, 15) is 15.2 Å². The predicted molar refractivity (Wildman–Crippen MR) is 75.7 cm³/mol. The van der Waals surface area contributed by atoms with E-state index < -0.39 is 4.92 Å². The van der Waals surface area contributed by atoms with Gasteiger partial charge in [-0.15, -0.1) is 0 Å². The number of non-ortho nitro benzene ring substituents is 1. The van der Waals surface area contributed by atoms with Crippen LogP contribution in [0.25, 0.3) is 0 Å². The monoisotopic (exact) mass is 280 g/mol. The van der Waals surface area contributed by atoms with Crippen molar-refractivity contribution in [2.45, 2.75) is 38.3 Å². The molecule has 1 aliphatic rings. The van der Waals surface area contributed by atoms with Gasteiger partial charge >= 0.3 is 0 Å². The number of hydrogen-bond acceptors (Lipinski definition) is 5. The van der Waals surface area contributed by atoms with Crippen LogP contribution >= 0.6 is 0 Å². The average Bonchev–Trinajstić information content (AvgIpc) is 2.40. The van der Waals surface area contributed by atoms with Crippen LogP contribution < -0.4 is 4.90 Å². The van der Waals surface area contributed by atoms with Gasteiger partial charge in [0.1, 0.15) is 0 Å². The summed E-state index contributed by atoms with van der Waals surface area (Å²) in [5, 5.41) is 29.3. The van der Waals surface area contributed by atoms with Crippen molar-refractivity contribution in [2.24, 2.45) is 0 Å². The first-order valence-corrected chi connectivity index (χ1v) is 6.93. The molecule has 0 aliphatic heterocycles. The molecule has 0 amide bonds. The van der Waals surface area contributed by atoms with Gasteiger partial charge in [0.15, 0.2) is 0 Å². The molecule has 1 aliphatic carbocycles. The molecule has 0 bridgehead atoms. The van der Waals surface area contributed by atoms with E-state index in [1.807, 2.05) is 0 Å². The highest BCUT2D eigenvalue weighted by atomic mass is 16.6. The highest BCUT2D eigenvalue weighted by Gasteiger charge is 2.26. The smallest absolute Gasteiger partial charge is 0.269 e. The van der Waals surface area contributed by atoms with E-state index in [1.165, 1.54) is 18.6 Å². The van der Waals surface area contributed by atoms with Gasteiger partial charge in [0.05, 0.1) is 11.5 Å². The fourth-order valence-corrected chi connectivity index (χ4v) is 2.53. The third-order valence-corrected chi connectivity index (χ3v) is 3.83. The molecule has 2 N–H and O–H groups in total. The molecule has 1 aromatic carbocycles. The summed E-state index contributed by atoms with van der Waals surface area (Å²) in [7, 11) is 0. The summed E-state index contributed by atoms with van der Waals surface area (Å²) in [4.78, 5) is 12.5. The summed E-state index contributed by atoms with van der Waals surface area (Å²) in [5.41, 5.74) is 1.41. The Hall–Kier alpha value is -1.66. The van der Waals surface area contributed by atoms with Crippen LogP contribution in [0.2, 0.25) is 0 Å². The molecular weight excluding hydrogens is 260 g/mol. The number of nitro benzene ring substituents is 1. The first kappa shape index (κ1) is 14.7. The lowest BCUT2D eigenvalue weighted by atomic mass is 9.90. The second-order valence-electron chi connectivity index (χ2n) is 5.08. The highest BCUT2D eigenvalue weighted by Crippen LogP contribution is 2.33. The second-order valence-corrected chi connectivity index (χ2v) is 5.08. The number of anilines is 1. The first-order valence-electron chi connectivity index (χ1n) is 6.93. The molecule has 0 atom stereocenters. The minimum Gasteiger partial charge on any atom is -0.396 e. The number of benzene rings is 1. The van der Waals surface area contributed by atoms with Gasteiger partial charge in [-0.05, 0) is 31.7 Å². The fraction of sp³-hybridized carbons (Fsp3) is 0.571. The molecular formula is C14H20N2O4. The van der Waals surface area contributed by atoms with Crippen molar-refractivity contribution in [1.82, 2.24) is 0 Å². The first-order chi connectivity index (χ1) is 9.67. The van der Waals surface area contributed by atoms with Crippen LogP contribution in [0.1, 0.15) is 31.2 Å². The van der Waals surface area contributed by atoms with Crippen LogP contribution in [-0.4, -0.2) is 34.3 Å². The summed E-state index contributed by atoms with van der Waals surface area (Å²) in [6.07, 6.45) is 4.01. The maximum Gasteiger partial charge on any atom is 0.269 e. The molecule has 0 radical (unpaired) electrons. The molecule has 0 unspecified atom stereocenters. The Morgan fingerprint density at radius 3 is 2.60 bits per heavy atom. The fourth-order valence-electron chi connectivity index (χ4n) is 2.53. The quantitative estimate of drug-likeness (QED) is 0.587. The molecule has 1 fully saturated rings. The minimum absolute atomic E-state index is 0.00600. The van der Waals surface area contributed by atoms with Gasteiger partial charge in [0.25, 0.3) is 5.69 Å². The van der Waals surface area contributed by atoms with E-state index in [2.05, 4.69) is 4.90 Å². The summed E-state index contributed by atoms with van der Waals surface area (Å²) in [6.45, 7) is 0.593. The molecule has 0 saturated heterocycles. The van der Waals surface area contributed by atoms with E-state index in [4.69, 9.17) is 5.11 Å². The van der Waals surface area contributed by atoms with Crippen LogP contribution in [0.4, 0.5) is 11.4 Å². The summed E-state index contributed by atoms with van der Waals surface area (Å²) in [6, 6.07) is 5.02. The summed E-state index contributed by atoms with van der Waals surface area (Å²) >= 11 is 0. The van der Waals surface area contributed by atoms with Crippen LogP contribution in [-0.2, 0) is 6.61 Å². The zero-order valence-electron chi connectivity index (χ0n) is 11.4. The van der Waals surface area contributed by atoms with Crippen molar-refractivity contribution < 1.29 is 15.1 Å². The Balaban J connectivity index is 2.28. The molecule has 1 saturated carbocycles. The van der Waals surface area contributed by atoms with Gasteiger partial charge in [0, 0.05) is 42.6 Å². The lowest BCUT2D eigenvalue weighted by Gasteiger charge is -2.40. The van der Waals surface area contributed by atoms with E-state index in [1.54, 1.807) is 6.07 Å². The topological polar surface area (TPSA) is 86.8 Å². The summed E-state index contributed by atoms with van der Waals surface area (Å²) in [5.74, 6) is 0.